The quantitative estimate of drug-likeness (QED) is 0.587. The van der Waals surface area contributed by atoms with Gasteiger partial charge in [-0.2, -0.15) is 0 Å². The van der Waals surface area contributed by atoms with Gasteiger partial charge in [0.2, 0.25) is 5.91 Å². The van der Waals surface area contributed by atoms with Gasteiger partial charge in [-0.05, 0) is 67.8 Å². The predicted molar refractivity (Wildman–Crippen MR) is 113 cm³/mol. The molecule has 154 valence electrons. The van der Waals surface area contributed by atoms with E-state index in [-0.39, 0.29) is 19.1 Å². The first-order valence-corrected chi connectivity index (χ1v) is 9.71. The Labute approximate surface area is 177 Å². The summed E-state index contributed by atoms with van der Waals surface area (Å²) in [6.45, 7) is 4.69. The number of hydrogen-bond donors (Lipinski definition) is 2. The fraction of sp³-hybridized carbons (Fsp3) is 0.286. The van der Waals surface area contributed by atoms with Crippen LogP contribution in [0.5, 0.6) is 5.75 Å². The van der Waals surface area contributed by atoms with E-state index in [4.69, 9.17) is 9.47 Å². The summed E-state index contributed by atoms with van der Waals surface area (Å²) in [6.07, 6.45) is 0. The number of halogens is 1. The second-order valence-electron chi connectivity index (χ2n) is 6.56. The Hall–Kier alpha value is -2.87. The third-order valence-corrected chi connectivity index (χ3v) is 4.32. The van der Waals surface area contributed by atoms with Crippen molar-refractivity contribution in [2.75, 3.05) is 25.1 Å². The van der Waals surface area contributed by atoms with Crippen LogP contribution < -0.4 is 15.4 Å². The predicted octanol–water partition coefficient (Wildman–Crippen LogP) is 3.05. The topological polar surface area (TPSA) is 93.7 Å². The van der Waals surface area contributed by atoms with Gasteiger partial charge in [0.05, 0.1) is 6.54 Å². The van der Waals surface area contributed by atoms with Crippen molar-refractivity contribution in [1.82, 2.24) is 5.32 Å². The van der Waals surface area contributed by atoms with Gasteiger partial charge >= 0.3 is 5.97 Å². The molecule has 0 atom stereocenters. The van der Waals surface area contributed by atoms with Gasteiger partial charge in [0, 0.05) is 10.2 Å². The number of benzene rings is 2. The maximum Gasteiger partial charge on any atom is 0.344 e. The second-order valence-corrected chi connectivity index (χ2v) is 7.47. The van der Waals surface area contributed by atoms with Crippen LogP contribution in [0.3, 0.4) is 0 Å². The third-order valence-electron chi connectivity index (χ3n) is 3.82. The van der Waals surface area contributed by atoms with E-state index in [1.165, 1.54) is 0 Å². The van der Waals surface area contributed by atoms with Crippen molar-refractivity contribution in [2.45, 2.75) is 20.8 Å². The van der Waals surface area contributed by atoms with Crippen molar-refractivity contribution in [3.05, 3.63) is 57.6 Å². The summed E-state index contributed by atoms with van der Waals surface area (Å²) in [5.41, 5.74) is 3.58. The molecule has 2 rings (SSSR count). The molecule has 7 nitrogen and oxygen atoms in total. The van der Waals surface area contributed by atoms with Crippen molar-refractivity contribution in [3.63, 3.8) is 0 Å². The van der Waals surface area contributed by atoms with Crippen LogP contribution in [0.15, 0.2) is 40.9 Å². The van der Waals surface area contributed by atoms with E-state index in [1.807, 2.05) is 32.9 Å². The molecule has 8 heteroatoms. The highest BCUT2D eigenvalue weighted by Gasteiger charge is 2.11. The molecule has 0 saturated heterocycles. The van der Waals surface area contributed by atoms with Crippen LogP contribution in [0, 0.1) is 20.8 Å². The standard InChI is InChI=1S/C21H23BrN2O5/c1-13-6-14(2)8-17(7-13)28-12-21(27)29-11-20(26)23-10-19(25)24-18-5-4-16(22)9-15(18)3/h4-9H,10-12H2,1-3H3,(H,23,26)(H,24,25). The van der Waals surface area contributed by atoms with Crippen LogP contribution in [0.4, 0.5) is 5.69 Å². The number of amides is 2. The van der Waals surface area contributed by atoms with Gasteiger partial charge in [0.25, 0.3) is 5.91 Å². The first-order valence-electron chi connectivity index (χ1n) is 8.92. The molecule has 2 aromatic rings. The highest BCUT2D eigenvalue weighted by atomic mass is 79.9. The van der Waals surface area contributed by atoms with Crippen molar-refractivity contribution < 1.29 is 23.9 Å². The number of carbonyl (C=O) groups excluding carboxylic acids is 3. The molecule has 0 aliphatic rings. The van der Waals surface area contributed by atoms with E-state index < -0.39 is 18.5 Å². The Kier molecular flexibility index (Phi) is 8.21. The smallest absolute Gasteiger partial charge is 0.344 e. The average molecular weight is 463 g/mol. The summed E-state index contributed by atoms with van der Waals surface area (Å²) >= 11 is 3.35. The minimum atomic E-state index is -0.672. The summed E-state index contributed by atoms with van der Waals surface area (Å²) in [6, 6.07) is 11.0. The largest absolute Gasteiger partial charge is 0.482 e. The molecule has 0 aromatic heterocycles. The van der Waals surface area contributed by atoms with Crippen LogP contribution in [0.25, 0.3) is 0 Å². The Morgan fingerprint density at radius 2 is 1.62 bits per heavy atom. The number of aryl methyl sites for hydroxylation is 3. The summed E-state index contributed by atoms with van der Waals surface area (Å²) in [5, 5.41) is 5.10. The van der Waals surface area contributed by atoms with Crippen LogP contribution >= 0.6 is 15.9 Å². The molecule has 2 N–H and O–H groups in total. The van der Waals surface area contributed by atoms with Crippen molar-refractivity contribution >= 4 is 39.4 Å². The third kappa shape index (κ3) is 7.95. The number of rotatable bonds is 8. The lowest BCUT2D eigenvalue weighted by Gasteiger charge is -2.10. The summed E-state index contributed by atoms with van der Waals surface area (Å²) < 4.78 is 11.1. The summed E-state index contributed by atoms with van der Waals surface area (Å²) in [7, 11) is 0. The highest BCUT2D eigenvalue weighted by Crippen LogP contribution is 2.19. The lowest BCUT2D eigenvalue weighted by Crippen LogP contribution is -2.36. The zero-order chi connectivity index (χ0) is 21.4. The van der Waals surface area contributed by atoms with Gasteiger partial charge in [-0.15, -0.1) is 0 Å². The molecule has 0 unspecified atom stereocenters. The normalized spacial score (nSPS) is 10.2. The van der Waals surface area contributed by atoms with Gasteiger partial charge in [-0.3, -0.25) is 9.59 Å². The minimum Gasteiger partial charge on any atom is -0.482 e. The first-order chi connectivity index (χ1) is 13.7. The molecule has 0 saturated carbocycles. The van der Waals surface area contributed by atoms with E-state index in [0.29, 0.717) is 11.4 Å². The van der Waals surface area contributed by atoms with Gasteiger partial charge < -0.3 is 20.1 Å². The first kappa shape index (κ1) is 22.4. The van der Waals surface area contributed by atoms with Crippen molar-refractivity contribution in [3.8, 4) is 5.75 Å². The van der Waals surface area contributed by atoms with E-state index in [0.717, 1.165) is 21.2 Å². The molecular formula is C21H23BrN2O5. The van der Waals surface area contributed by atoms with Crippen LogP contribution in [0.2, 0.25) is 0 Å². The molecule has 0 heterocycles. The Morgan fingerprint density at radius 1 is 0.931 bits per heavy atom. The molecule has 0 fully saturated rings. The van der Waals surface area contributed by atoms with Crippen LogP contribution in [0.1, 0.15) is 16.7 Å². The maximum atomic E-state index is 11.9. The van der Waals surface area contributed by atoms with Gasteiger partial charge in [0.15, 0.2) is 13.2 Å². The van der Waals surface area contributed by atoms with Gasteiger partial charge in [-0.25, -0.2) is 4.79 Å². The molecule has 2 aromatic carbocycles. The zero-order valence-corrected chi connectivity index (χ0v) is 18.1. The fourth-order valence-electron chi connectivity index (χ4n) is 2.54. The SMILES string of the molecule is Cc1cc(C)cc(OCC(=O)OCC(=O)NCC(=O)Nc2ccc(Br)cc2C)c1. The molecule has 0 spiro atoms. The number of ether oxygens (including phenoxy) is 2. The average Bonchev–Trinajstić information content (AvgIpc) is 2.64. The van der Waals surface area contributed by atoms with Crippen molar-refractivity contribution in [2.24, 2.45) is 0 Å². The number of carbonyl (C=O) groups is 3. The van der Waals surface area contributed by atoms with Gasteiger partial charge in [0.1, 0.15) is 5.75 Å². The Bertz CT molecular complexity index is 894. The number of anilines is 1. The molecule has 0 aliphatic heterocycles. The lowest BCUT2D eigenvalue weighted by molar-refractivity contribution is -0.150. The fourth-order valence-corrected chi connectivity index (χ4v) is 3.01. The summed E-state index contributed by atoms with van der Waals surface area (Å²) in [4.78, 5) is 35.4. The van der Waals surface area contributed by atoms with Crippen molar-refractivity contribution in [1.29, 1.82) is 0 Å². The number of hydrogen-bond acceptors (Lipinski definition) is 5. The highest BCUT2D eigenvalue weighted by molar-refractivity contribution is 9.10. The zero-order valence-electron chi connectivity index (χ0n) is 16.5. The minimum absolute atomic E-state index is 0.231. The lowest BCUT2D eigenvalue weighted by atomic mass is 10.1. The van der Waals surface area contributed by atoms with Crippen LogP contribution in [-0.4, -0.2) is 37.5 Å². The van der Waals surface area contributed by atoms with E-state index in [1.54, 1.807) is 24.3 Å². The van der Waals surface area contributed by atoms with E-state index in [2.05, 4.69) is 26.6 Å². The number of esters is 1. The second kappa shape index (κ2) is 10.6. The van der Waals surface area contributed by atoms with Gasteiger partial charge in [-0.1, -0.05) is 22.0 Å². The van der Waals surface area contributed by atoms with E-state index in [9.17, 15) is 14.4 Å². The molecule has 0 radical (unpaired) electrons. The molecule has 29 heavy (non-hydrogen) atoms. The number of nitrogens with one attached hydrogen (secondary N) is 2. The molecular weight excluding hydrogens is 440 g/mol. The Morgan fingerprint density at radius 3 is 2.28 bits per heavy atom. The molecule has 0 aliphatic carbocycles. The molecule has 2 amide bonds. The maximum absolute atomic E-state index is 11.9. The van der Waals surface area contributed by atoms with E-state index >= 15 is 0 Å². The summed E-state index contributed by atoms with van der Waals surface area (Å²) in [5.74, 6) is -1.07. The van der Waals surface area contributed by atoms with Crippen LogP contribution in [-0.2, 0) is 19.1 Å². The molecule has 0 bridgehead atoms. The monoisotopic (exact) mass is 462 g/mol. The Balaban J connectivity index is 1.68.